The molecule has 6 nitrogen and oxygen atoms in total. The van der Waals surface area contributed by atoms with E-state index in [9.17, 15) is 0 Å². The van der Waals surface area contributed by atoms with Crippen molar-refractivity contribution in [2.75, 3.05) is 22.9 Å². The van der Waals surface area contributed by atoms with E-state index in [1.165, 1.54) is 12.0 Å². The average Bonchev–Trinajstić information content (AvgIpc) is 3.43. The van der Waals surface area contributed by atoms with Gasteiger partial charge in [-0.3, -0.25) is 4.98 Å². The molecule has 2 fully saturated rings. The summed E-state index contributed by atoms with van der Waals surface area (Å²) in [6, 6.07) is 18.5. The number of aryl methyl sites for hydroxylation is 2. The van der Waals surface area contributed by atoms with Gasteiger partial charge in [-0.25, -0.2) is 4.98 Å². The first-order valence-corrected chi connectivity index (χ1v) is 15.2. The lowest BCUT2D eigenvalue weighted by Gasteiger charge is -2.37. The van der Waals surface area contributed by atoms with Crippen LogP contribution in [-0.4, -0.2) is 32.7 Å². The van der Waals surface area contributed by atoms with Gasteiger partial charge in [-0.1, -0.05) is 37.6 Å². The van der Waals surface area contributed by atoms with Crippen LogP contribution in [0.5, 0.6) is 0 Å². The van der Waals surface area contributed by atoms with Gasteiger partial charge in [0.1, 0.15) is 5.82 Å². The number of aromatic nitrogens is 3. The van der Waals surface area contributed by atoms with Crippen LogP contribution in [0.1, 0.15) is 60.6 Å². The predicted molar refractivity (Wildman–Crippen MR) is 172 cm³/mol. The molecule has 5 heterocycles. The highest BCUT2D eigenvalue weighted by molar-refractivity contribution is 7.80. The summed E-state index contributed by atoms with van der Waals surface area (Å²) in [6.45, 7) is 13.1. The smallest absolute Gasteiger partial charge is 0.174 e. The van der Waals surface area contributed by atoms with Gasteiger partial charge < -0.3 is 19.7 Å². The van der Waals surface area contributed by atoms with Crippen LogP contribution in [0.4, 0.5) is 11.4 Å². The second kappa shape index (κ2) is 11.1. The number of nitrogens with zero attached hydrogens (tertiary/aromatic N) is 5. The molecule has 3 aromatic heterocycles. The van der Waals surface area contributed by atoms with E-state index in [1.54, 1.807) is 0 Å². The Morgan fingerprint density at radius 3 is 2.37 bits per heavy atom. The molecule has 0 saturated carbocycles. The number of halogens is 1. The Morgan fingerprint density at radius 2 is 1.68 bits per heavy atom. The number of pyridine rings is 2. The Bertz CT molecular complexity index is 1570. The van der Waals surface area contributed by atoms with E-state index >= 15 is 0 Å². The minimum atomic E-state index is -0.135. The summed E-state index contributed by atoms with van der Waals surface area (Å²) in [5.74, 6) is 2.23. The third-order valence-electron chi connectivity index (χ3n) is 8.50. The molecule has 0 aliphatic carbocycles. The van der Waals surface area contributed by atoms with Crippen molar-refractivity contribution in [1.82, 2.24) is 19.9 Å². The number of hydrogen-bond donors (Lipinski definition) is 1. The van der Waals surface area contributed by atoms with Crippen molar-refractivity contribution in [2.45, 2.75) is 53.1 Å². The molecule has 0 radical (unpaired) electrons. The van der Waals surface area contributed by atoms with Gasteiger partial charge in [0.2, 0.25) is 0 Å². The molecule has 2 aliphatic rings. The number of thiocarbonyl (C=S) groups is 1. The topological polar surface area (TPSA) is 49.2 Å². The SMILES string of the molecule is Cc1cccnc1-n1c(C)cc([C@H]2[C@H](c3ccccn3)NC(=S)N2c2ccc(N3C[C@H](C)C[C@H](C)C3)c(Cl)c2)c1C. The van der Waals surface area contributed by atoms with Crippen LogP contribution >= 0.6 is 23.8 Å². The first kappa shape index (κ1) is 27.7. The molecule has 4 atom stereocenters. The molecule has 6 rings (SSSR count). The monoisotopic (exact) mass is 584 g/mol. The van der Waals surface area contributed by atoms with Gasteiger partial charge in [0.05, 0.1) is 28.5 Å². The Kier molecular flexibility index (Phi) is 7.51. The fourth-order valence-corrected chi connectivity index (χ4v) is 7.48. The van der Waals surface area contributed by atoms with Crippen molar-refractivity contribution >= 4 is 40.3 Å². The predicted octanol–water partition coefficient (Wildman–Crippen LogP) is 7.51. The van der Waals surface area contributed by atoms with Crippen LogP contribution in [0.3, 0.4) is 0 Å². The molecule has 0 bridgehead atoms. The van der Waals surface area contributed by atoms with Gasteiger partial charge in [-0.15, -0.1) is 0 Å². The van der Waals surface area contributed by atoms with Gasteiger partial charge in [0.25, 0.3) is 0 Å². The van der Waals surface area contributed by atoms with Crippen LogP contribution in [-0.2, 0) is 0 Å². The zero-order valence-electron chi connectivity index (χ0n) is 24.3. The molecule has 0 unspecified atom stereocenters. The summed E-state index contributed by atoms with van der Waals surface area (Å²) in [5.41, 5.74) is 7.56. The molecular formula is C33H37ClN6S. The summed E-state index contributed by atoms with van der Waals surface area (Å²) in [5, 5.41) is 5.01. The molecule has 1 N–H and O–H groups in total. The van der Waals surface area contributed by atoms with Crippen molar-refractivity contribution in [3.8, 4) is 5.82 Å². The zero-order valence-corrected chi connectivity index (χ0v) is 25.9. The Balaban J connectivity index is 1.45. The molecule has 0 amide bonds. The molecule has 2 saturated heterocycles. The van der Waals surface area contributed by atoms with E-state index in [0.29, 0.717) is 16.9 Å². The zero-order chi connectivity index (χ0) is 28.8. The summed E-state index contributed by atoms with van der Waals surface area (Å²) in [6.07, 6.45) is 4.95. The minimum absolute atomic E-state index is 0.127. The van der Waals surface area contributed by atoms with Crippen molar-refractivity contribution in [2.24, 2.45) is 11.8 Å². The summed E-state index contributed by atoms with van der Waals surface area (Å²) in [7, 11) is 0. The lowest BCUT2D eigenvalue weighted by molar-refractivity contribution is 0.357. The maximum atomic E-state index is 7.03. The van der Waals surface area contributed by atoms with Gasteiger partial charge in [0, 0.05) is 42.6 Å². The lowest BCUT2D eigenvalue weighted by Crippen LogP contribution is -2.38. The molecule has 8 heteroatoms. The van der Waals surface area contributed by atoms with E-state index in [2.05, 4.69) is 90.7 Å². The van der Waals surface area contributed by atoms with Gasteiger partial charge in [-0.2, -0.15) is 0 Å². The van der Waals surface area contributed by atoms with Crippen molar-refractivity contribution in [1.29, 1.82) is 0 Å². The van der Waals surface area contributed by atoms with Crippen molar-refractivity contribution < 1.29 is 0 Å². The first-order chi connectivity index (χ1) is 19.7. The van der Waals surface area contributed by atoms with Crippen LogP contribution in [0.2, 0.25) is 5.02 Å². The van der Waals surface area contributed by atoms with Gasteiger partial charge in [0.15, 0.2) is 5.11 Å². The maximum absolute atomic E-state index is 7.03. The number of hydrogen-bond acceptors (Lipinski definition) is 4. The number of anilines is 2. The molecule has 41 heavy (non-hydrogen) atoms. The Labute approximate surface area is 253 Å². The number of piperidine rings is 1. The fourth-order valence-electron chi connectivity index (χ4n) is 6.84. The lowest BCUT2D eigenvalue weighted by atomic mass is 9.91. The highest BCUT2D eigenvalue weighted by Gasteiger charge is 2.42. The van der Waals surface area contributed by atoms with E-state index in [-0.39, 0.29) is 12.1 Å². The third kappa shape index (κ3) is 5.10. The average molecular weight is 585 g/mol. The third-order valence-corrected chi connectivity index (χ3v) is 9.12. The molecule has 2 aliphatic heterocycles. The van der Waals surface area contributed by atoms with Crippen LogP contribution in [0, 0.1) is 32.6 Å². The largest absolute Gasteiger partial charge is 0.370 e. The number of benzene rings is 1. The number of nitrogens with one attached hydrogen (secondary N) is 1. The highest BCUT2D eigenvalue weighted by atomic mass is 35.5. The maximum Gasteiger partial charge on any atom is 0.174 e. The van der Waals surface area contributed by atoms with Gasteiger partial charge in [-0.05, 0) is 105 Å². The highest BCUT2D eigenvalue weighted by Crippen LogP contribution is 2.45. The normalized spacial score (nSPS) is 22.7. The molecular weight excluding hydrogens is 548 g/mol. The van der Waals surface area contributed by atoms with Crippen molar-refractivity contribution in [3.05, 3.63) is 100 Å². The summed E-state index contributed by atoms with van der Waals surface area (Å²) < 4.78 is 2.24. The summed E-state index contributed by atoms with van der Waals surface area (Å²) >= 11 is 13.1. The molecule has 1 aromatic carbocycles. The van der Waals surface area contributed by atoms with Crippen LogP contribution < -0.4 is 15.1 Å². The quantitative estimate of drug-likeness (QED) is 0.245. The van der Waals surface area contributed by atoms with Crippen LogP contribution in [0.15, 0.2) is 67.0 Å². The number of rotatable bonds is 5. The summed E-state index contributed by atoms with van der Waals surface area (Å²) in [4.78, 5) is 14.1. The Morgan fingerprint density at radius 1 is 0.927 bits per heavy atom. The first-order valence-electron chi connectivity index (χ1n) is 14.4. The minimum Gasteiger partial charge on any atom is -0.370 e. The molecule has 4 aromatic rings. The molecule has 212 valence electrons. The van der Waals surface area contributed by atoms with Gasteiger partial charge >= 0.3 is 0 Å². The van der Waals surface area contributed by atoms with E-state index in [1.807, 2.05) is 30.6 Å². The van der Waals surface area contributed by atoms with E-state index in [0.717, 1.165) is 58.0 Å². The van der Waals surface area contributed by atoms with E-state index < -0.39 is 0 Å². The van der Waals surface area contributed by atoms with E-state index in [4.69, 9.17) is 33.8 Å². The standard InChI is InChI=1S/C33H37ClN6S/c1-20-15-21(2)19-38(18-20)29-12-11-25(17-27(29)34)40-31(30(37-33(40)41)28-10-6-7-13-35-28)26-16-23(4)39(24(26)5)32-22(3)9-8-14-36-32/h6-14,16-17,20-21,30-31H,15,18-19H2,1-5H3,(H,37,41)/t20-,21+,30-,31-/m0/s1. The van der Waals surface area contributed by atoms with Crippen molar-refractivity contribution in [3.63, 3.8) is 0 Å². The fraction of sp³-hybridized carbons (Fsp3) is 0.364. The Hall–Kier alpha value is -3.42. The van der Waals surface area contributed by atoms with Crippen LogP contribution in [0.25, 0.3) is 5.82 Å². The second-order valence-corrected chi connectivity index (χ2v) is 12.6. The second-order valence-electron chi connectivity index (χ2n) is 11.8. The molecule has 0 spiro atoms.